The summed E-state index contributed by atoms with van der Waals surface area (Å²) < 4.78 is 51.8. The smallest absolute Gasteiger partial charge is 0.324 e. The normalized spacial score (nSPS) is 19.6. The highest BCUT2D eigenvalue weighted by atomic mass is 19.3. The number of nitrogens with two attached hydrogens (primary N) is 1. The number of anilines is 1. The van der Waals surface area contributed by atoms with E-state index in [9.17, 15) is 18.0 Å². The van der Waals surface area contributed by atoms with Gasteiger partial charge in [-0.05, 0) is 49.1 Å². The van der Waals surface area contributed by atoms with Crippen molar-refractivity contribution in [1.82, 2.24) is 15.0 Å². The molecule has 0 spiro atoms. The molecule has 2 atom stereocenters. The molecule has 2 fully saturated rings. The summed E-state index contributed by atoms with van der Waals surface area (Å²) in [5, 5.41) is 4.05. The Hall–Kier alpha value is -2.82. The van der Waals surface area contributed by atoms with Crippen LogP contribution in [0.1, 0.15) is 57.3 Å². The highest BCUT2D eigenvalue weighted by Gasteiger charge is 2.47. The molecule has 0 unspecified atom stereocenters. The number of likely N-dealkylation sites (tertiary alicyclic amines) is 1. The van der Waals surface area contributed by atoms with Crippen molar-refractivity contribution in [3.8, 4) is 5.75 Å². The summed E-state index contributed by atoms with van der Waals surface area (Å²) in [4.78, 5) is 19.8. The van der Waals surface area contributed by atoms with Crippen molar-refractivity contribution >= 4 is 11.9 Å². The number of nitrogens with zero attached hydrogens (tertiary/aromatic N) is 4. The molecular formula is C26H36F3N5O3. The van der Waals surface area contributed by atoms with Gasteiger partial charge >= 0.3 is 6.01 Å². The molecule has 37 heavy (non-hydrogen) atoms. The Morgan fingerprint density at radius 2 is 1.95 bits per heavy atom. The first-order valence-corrected chi connectivity index (χ1v) is 12.9. The second kappa shape index (κ2) is 11.3. The molecule has 0 aliphatic carbocycles. The fraction of sp³-hybridized carbons (Fsp3) is 0.654. The maximum absolute atomic E-state index is 14.6. The molecule has 1 aromatic heterocycles. The molecule has 0 radical (unpaired) electrons. The van der Waals surface area contributed by atoms with Crippen molar-refractivity contribution in [2.45, 2.75) is 64.3 Å². The highest BCUT2D eigenvalue weighted by molar-refractivity contribution is 5.83. The van der Waals surface area contributed by atoms with Crippen LogP contribution in [0.15, 0.2) is 22.7 Å². The lowest BCUT2D eigenvalue weighted by Gasteiger charge is -2.39. The van der Waals surface area contributed by atoms with Gasteiger partial charge in [-0.3, -0.25) is 4.79 Å². The number of piperidine rings is 1. The Bertz CT molecular complexity index is 1060. The summed E-state index contributed by atoms with van der Waals surface area (Å²) in [5.74, 6) is -1.63. The predicted octanol–water partition coefficient (Wildman–Crippen LogP) is 4.00. The first kappa shape index (κ1) is 27.2. The molecule has 0 bridgehead atoms. The van der Waals surface area contributed by atoms with Crippen molar-refractivity contribution in [3.63, 3.8) is 0 Å². The molecule has 1 aromatic carbocycles. The van der Waals surface area contributed by atoms with E-state index in [2.05, 4.69) is 22.0 Å². The minimum absolute atomic E-state index is 0.0644. The van der Waals surface area contributed by atoms with Crippen LogP contribution in [0.25, 0.3) is 0 Å². The number of aromatic nitrogens is 2. The molecule has 204 valence electrons. The average molecular weight is 524 g/mol. The largest absolute Gasteiger partial charge is 0.493 e. The van der Waals surface area contributed by atoms with E-state index in [0.29, 0.717) is 30.2 Å². The van der Waals surface area contributed by atoms with Crippen molar-refractivity contribution in [2.75, 3.05) is 37.7 Å². The summed E-state index contributed by atoms with van der Waals surface area (Å²) >= 11 is 0. The lowest BCUT2D eigenvalue weighted by molar-refractivity contribution is -0.166. The van der Waals surface area contributed by atoms with E-state index in [4.69, 9.17) is 15.0 Å². The van der Waals surface area contributed by atoms with Crippen LogP contribution in [0, 0.1) is 17.7 Å². The topological polar surface area (TPSA) is 97.7 Å². The van der Waals surface area contributed by atoms with Gasteiger partial charge in [-0.15, -0.1) is 0 Å². The van der Waals surface area contributed by atoms with E-state index >= 15 is 0 Å². The van der Waals surface area contributed by atoms with Gasteiger partial charge in [0.1, 0.15) is 11.6 Å². The SMILES string of the molecule is CC(C)c1noc(N2CCC([C@H](C)CCOc3ccc(C[C@H](N)C(=O)N4CC(F)(F)C4)c(F)c3)CC2)n1. The van der Waals surface area contributed by atoms with Gasteiger partial charge in [0.15, 0.2) is 5.82 Å². The monoisotopic (exact) mass is 523 g/mol. The van der Waals surface area contributed by atoms with Gasteiger partial charge in [0.2, 0.25) is 5.91 Å². The first-order valence-electron chi connectivity index (χ1n) is 12.9. The van der Waals surface area contributed by atoms with E-state index < -0.39 is 36.8 Å². The number of amides is 1. The van der Waals surface area contributed by atoms with Crippen LogP contribution in [0.4, 0.5) is 19.2 Å². The third kappa shape index (κ3) is 6.74. The van der Waals surface area contributed by atoms with E-state index in [0.717, 1.165) is 43.1 Å². The zero-order valence-corrected chi connectivity index (χ0v) is 21.6. The predicted molar refractivity (Wildman–Crippen MR) is 132 cm³/mol. The maximum atomic E-state index is 14.6. The summed E-state index contributed by atoms with van der Waals surface area (Å²) in [5.41, 5.74) is 6.10. The van der Waals surface area contributed by atoms with E-state index in [1.807, 2.05) is 13.8 Å². The summed E-state index contributed by atoms with van der Waals surface area (Å²) in [6, 6.07) is 3.98. The van der Waals surface area contributed by atoms with Crippen LogP contribution in [0.3, 0.4) is 0 Å². The average Bonchev–Trinajstić information content (AvgIpc) is 3.34. The molecule has 3 heterocycles. The van der Waals surface area contributed by atoms with E-state index in [1.165, 1.54) is 12.1 Å². The van der Waals surface area contributed by atoms with Gasteiger partial charge in [-0.1, -0.05) is 32.0 Å². The molecule has 11 heteroatoms. The number of rotatable bonds is 10. The van der Waals surface area contributed by atoms with Crippen molar-refractivity contribution in [2.24, 2.45) is 17.6 Å². The van der Waals surface area contributed by atoms with Gasteiger partial charge in [0, 0.05) is 25.1 Å². The van der Waals surface area contributed by atoms with Crippen LogP contribution in [-0.2, 0) is 11.2 Å². The minimum atomic E-state index is -2.86. The van der Waals surface area contributed by atoms with Gasteiger partial charge in [0.25, 0.3) is 5.92 Å². The number of halogens is 3. The highest BCUT2D eigenvalue weighted by Crippen LogP contribution is 2.30. The maximum Gasteiger partial charge on any atom is 0.324 e. The number of carbonyl (C=O) groups excluding carboxylic acids is 1. The third-order valence-corrected chi connectivity index (χ3v) is 7.34. The lowest BCUT2D eigenvalue weighted by Crippen LogP contribution is -2.62. The lowest BCUT2D eigenvalue weighted by atomic mass is 9.84. The number of hydrogen-bond acceptors (Lipinski definition) is 7. The van der Waals surface area contributed by atoms with Crippen molar-refractivity contribution < 1.29 is 27.2 Å². The van der Waals surface area contributed by atoms with Gasteiger partial charge in [-0.2, -0.15) is 4.98 Å². The van der Waals surface area contributed by atoms with E-state index in [-0.39, 0.29) is 17.9 Å². The Morgan fingerprint density at radius 3 is 2.54 bits per heavy atom. The van der Waals surface area contributed by atoms with Gasteiger partial charge < -0.3 is 24.8 Å². The van der Waals surface area contributed by atoms with Gasteiger partial charge in [-0.25, -0.2) is 13.2 Å². The van der Waals surface area contributed by atoms with Crippen LogP contribution >= 0.6 is 0 Å². The third-order valence-electron chi connectivity index (χ3n) is 7.34. The Kier molecular flexibility index (Phi) is 8.30. The molecule has 0 saturated carbocycles. The number of ether oxygens (including phenoxy) is 1. The Balaban J connectivity index is 1.18. The molecule has 8 nitrogen and oxygen atoms in total. The fourth-order valence-corrected chi connectivity index (χ4v) is 4.86. The minimum Gasteiger partial charge on any atom is -0.493 e. The molecule has 2 N–H and O–H groups in total. The molecule has 4 rings (SSSR count). The van der Waals surface area contributed by atoms with Crippen LogP contribution in [-0.4, -0.2) is 65.7 Å². The number of hydrogen-bond donors (Lipinski definition) is 1. The zero-order chi connectivity index (χ0) is 26.7. The molecular weight excluding hydrogens is 487 g/mol. The van der Waals surface area contributed by atoms with Gasteiger partial charge in [0.05, 0.1) is 25.7 Å². The first-order chi connectivity index (χ1) is 17.5. The number of benzene rings is 1. The summed E-state index contributed by atoms with van der Waals surface area (Å²) in [7, 11) is 0. The second-order valence-corrected chi connectivity index (χ2v) is 10.6. The van der Waals surface area contributed by atoms with Crippen LogP contribution < -0.4 is 15.4 Å². The number of alkyl halides is 2. The Labute approximate surface area is 215 Å². The van der Waals surface area contributed by atoms with Crippen LogP contribution in [0.2, 0.25) is 0 Å². The molecule has 2 aliphatic rings. The molecule has 2 aliphatic heterocycles. The van der Waals surface area contributed by atoms with Crippen LogP contribution in [0.5, 0.6) is 5.75 Å². The second-order valence-electron chi connectivity index (χ2n) is 10.6. The van der Waals surface area contributed by atoms with Crippen molar-refractivity contribution in [1.29, 1.82) is 0 Å². The standard InChI is InChI=1S/C26H36F3N5O3/c1-16(2)23-31-25(37-32-23)33-9-6-18(7-10-33)17(3)8-11-36-20-5-4-19(21(27)13-20)12-22(30)24(35)34-14-26(28,29)15-34/h4-5,13,16-18,22H,6-12,14-15,30H2,1-3H3/t17-,22+/m1/s1. The zero-order valence-electron chi connectivity index (χ0n) is 21.6. The van der Waals surface area contributed by atoms with Crippen molar-refractivity contribution in [3.05, 3.63) is 35.4 Å². The molecule has 2 saturated heterocycles. The molecule has 1 amide bonds. The number of carbonyl (C=O) groups is 1. The quantitative estimate of drug-likeness (QED) is 0.503. The summed E-state index contributed by atoms with van der Waals surface area (Å²) in [6.07, 6.45) is 2.83. The fourth-order valence-electron chi connectivity index (χ4n) is 4.86. The Morgan fingerprint density at radius 1 is 1.24 bits per heavy atom. The van der Waals surface area contributed by atoms with E-state index in [1.54, 1.807) is 6.07 Å². The molecule has 2 aromatic rings. The summed E-state index contributed by atoms with van der Waals surface area (Å²) in [6.45, 7) is 7.21.